The van der Waals surface area contributed by atoms with Gasteiger partial charge in [-0.15, -0.1) is 0 Å². The van der Waals surface area contributed by atoms with E-state index >= 15 is 0 Å². The van der Waals surface area contributed by atoms with Gasteiger partial charge >= 0.3 is 0 Å². The molecule has 3 aromatic rings. The van der Waals surface area contributed by atoms with E-state index in [1.165, 1.54) is 29.5 Å². The van der Waals surface area contributed by atoms with E-state index in [0.29, 0.717) is 5.92 Å². The molecular weight excluding hydrogens is 328 g/mol. The first-order chi connectivity index (χ1) is 13.4. The molecule has 0 aromatic heterocycles. The Morgan fingerprint density at radius 2 is 1.07 bits per heavy atom. The predicted octanol–water partition coefficient (Wildman–Crippen LogP) is 4.57. The molecule has 1 saturated heterocycles. The van der Waals surface area contributed by atoms with Crippen LogP contribution < -0.4 is 10.6 Å². The Kier molecular flexibility index (Phi) is 5.66. The van der Waals surface area contributed by atoms with Crippen LogP contribution in [0.25, 0.3) is 0 Å². The van der Waals surface area contributed by atoms with Gasteiger partial charge in [0.15, 0.2) is 0 Å². The monoisotopic (exact) mass is 356 g/mol. The Labute approximate surface area is 162 Å². The lowest BCUT2D eigenvalue weighted by Crippen LogP contribution is -2.47. The van der Waals surface area contributed by atoms with E-state index in [0.717, 1.165) is 19.6 Å². The normalized spacial score (nSPS) is 15.6. The first-order valence-corrected chi connectivity index (χ1v) is 10.0. The van der Waals surface area contributed by atoms with Gasteiger partial charge in [0.05, 0.1) is 5.54 Å². The molecule has 0 bridgehead atoms. The zero-order valence-corrected chi connectivity index (χ0v) is 15.8. The zero-order chi connectivity index (χ0) is 18.4. The van der Waals surface area contributed by atoms with Gasteiger partial charge in [0.1, 0.15) is 0 Å². The fourth-order valence-electron chi connectivity index (χ4n) is 4.25. The highest BCUT2D eigenvalue weighted by Crippen LogP contribution is 2.37. The van der Waals surface area contributed by atoms with E-state index in [1.54, 1.807) is 0 Å². The Hall–Kier alpha value is -2.42. The molecule has 0 spiro atoms. The highest BCUT2D eigenvalue weighted by Gasteiger charge is 2.36. The lowest BCUT2D eigenvalue weighted by Gasteiger charge is -2.39. The van der Waals surface area contributed by atoms with Crippen molar-refractivity contribution in [3.63, 3.8) is 0 Å². The molecule has 138 valence electrons. The van der Waals surface area contributed by atoms with Crippen molar-refractivity contribution in [1.82, 2.24) is 10.6 Å². The zero-order valence-electron chi connectivity index (χ0n) is 15.8. The second-order valence-corrected chi connectivity index (χ2v) is 7.42. The van der Waals surface area contributed by atoms with E-state index < -0.39 is 0 Å². The summed E-state index contributed by atoms with van der Waals surface area (Å²) in [6.07, 6.45) is 2.48. The van der Waals surface area contributed by atoms with Gasteiger partial charge in [0.2, 0.25) is 0 Å². The molecule has 0 unspecified atom stereocenters. The van der Waals surface area contributed by atoms with E-state index in [1.807, 2.05) is 0 Å². The molecule has 2 N–H and O–H groups in total. The summed E-state index contributed by atoms with van der Waals surface area (Å²) in [5, 5.41) is 7.50. The van der Waals surface area contributed by atoms with Crippen LogP contribution in [0.3, 0.4) is 0 Å². The van der Waals surface area contributed by atoms with Gasteiger partial charge in [-0.1, -0.05) is 91.0 Å². The maximum atomic E-state index is 4.02. The number of hydrogen-bond donors (Lipinski definition) is 2. The number of nitrogens with one attached hydrogen (secondary N) is 2. The van der Waals surface area contributed by atoms with Crippen LogP contribution in [-0.2, 0) is 5.54 Å². The maximum absolute atomic E-state index is 4.02. The average molecular weight is 357 g/mol. The molecule has 2 nitrogen and oxygen atoms in total. The van der Waals surface area contributed by atoms with Crippen LogP contribution in [0, 0.1) is 5.92 Å². The molecule has 0 atom stereocenters. The minimum Gasteiger partial charge on any atom is -0.317 e. The smallest absolute Gasteiger partial charge is 0.0948 e. The number of benzene rings is 3. The largest absolute Gasteiger partial charge is 0.317 e. The lowest BCUT2D eigenvalue weighted by molar-refractivity contribution is 0.326. The van der Waals surface area contributed by atoms with Gasteiger partial charge < -0.3 is 5.32 Å². The van der Waals surface area contributed by atoms with Gasteiger partial charge in [-0.2, -0.15) is 0 Å². The van der Waals surface area contributed by atoms with Crippen LogP contribution in [0.1, 0.15) is 29.5 Å². The third-order valence-electron chi connectivity index (χ3n) is 5.74. The van der Waals surface area contributed by atoms with Crippen LogP contribution in [0.15, 0.2) is 91.0 Å². The SMILES string of the molecule is c1ccc(C(NCC2CCNCC2)(c2ccccc2)c2ccccc2)cc1. The van der Waals surface area contributed by atoms with E-state index in [-0.39, 0.29) is 5.54 Å². The summed E-state index contributed by atoms with van der Waals surface area (Å²) in [6, 6.07) is 32.6. The van der Waals surface area contributed by atoms with Crippen molar-refractivity contribution in [3.05, 3.63) is 108 Å². The highest BCUT2D eigenvalue weighted by atomic mass is 15.0. The molecule has 0 radical (unpaired) electrons. The first kappa shape index (κ1) is 18.0. The van der Waals surface area contributed by atoms with Crippen molar-refractivity contribution in [2.75, 3.05) is 19.6 Å². The summed E-state index contributed by atoms with van der Waals surface area (Å²) in [7, 11) is 0. The Bertz CT molecular complexity index is 712. The average Bonchev–Trinajstić information content (AvgIpc) is 2.77. The van der Waals surface area contributed by atoms with Crippen molar-refractivity contribution >= 4 is 0 Å². The predicted molar refractivity (Wildman–Crippen MR) is 113 cm³/mol. The molecule has 0 aliphatic carbocycles. The topological polar surface area (TPSA) is 24.1 Å². The number of hydrogen-bond acceptors (Lipinski definition) is 2. The van der Waals surface area contributed by atoms with E-state index in [9.17, 15) is 0 Å². The molecule has 0 amide bonds. The van der Waals surface area contributed by atoms with Gasteiger partial charge in [-0.05, 0) is 55.1 Å². The van der Waals surface area contributed by atoms with Crippen LogP contribution in [0.4, 0.5) is 0 Å². The lowest BCUT2D eigenvalue weighted by atomic mass is 9.76. The van der Waals surface area contributed by atoms with Crippen LogP contribution >= 0.6 is 0 Å². The summed E-state index contributed by atoms with van der Waals surface area (Å²) in [4.78, 5) is 0. The molecule has 4 rings (SSSR count). The Morgan fingerprint density at radius 1 is 0.667 bits per heavy atom. The first-order valence-electron chi connectivity index (χ1n) is 10.0. The molecule has 1 fully saturated rings. The molecule has 3 aromatic carbocycles. The summed E-state index contributed by atoms with van der Waals surface area (Å²) in [5.41, 5.74) is 3.53. The van der Waals surface area contributed by atoms with Crippen LogP contribution in [0.2, 0.25) is 0 Å². The molecule has 1 aliphatic rings. The summed E-state index contributed by atoms with van der Waals surface area (Å²) in [5.74, 6) is 0.710. The van der Waals surface area contributed by atoms with E-state index in [4.69, 9.17) is 0 Å². The van der Waals surface area contributed by atoms with Crippen molar-refractivity contribution in [2.45, 2.75) is 18.4 Å². The molecular formula is C25H28N2. The summed E-state index contributed by atoms with van der Waals surface area (Å²) in [6.45, 7) is 3.27. The van der Waals surface area contributed by atoms with Crippen molar-refractivity contribution < 1.29 is 0 Å². The third kappa shape index (κ3) is 3.83. The van der Waals surface area contributed by atoms with Crippen LogP contribution in [-0.4, -0.2) is 19.6 Å². The second-order valence-electron chi connectivity index (χ2n) is 7.42. The van der Waals surface area contributed by atoms with Crippen LogP contribution in [0.5, 0.6) is 0 Å². The molecule has 1 heterocycles. The molecule has 2 heteroatoms. The van der Waals surface area contributed by atoms with Gasteiger partial charge in [-0.25, -0.2) is 0 Å². The standard InChI is InChI=1S/C25H28N2/c1-4-10-22(11-5-1)25(23-12-6-2-7-13-23,24-14-8-3-9-15-24)27-20-21-16-18-26-19-17-21/h1-15,21,26-27H,16-20H2. The van der Waals surface area contributed by atoms with Gasteiger partial charge in [0, 0.05) is 0 Å². The summed E-state index contributed by atoms with van der Waals surface area (Å²) >= 11 is 0. The summed E-state index contributed by atoms with van der Waals surface area (Å²) < 4.78 is 0. The number of rotatable bonds is 6. The van der Waals surface area contributed by atoms with Crippen molar-refractivity contribution in [2.24, 2.45) is 5.92 Å². The minimum atomic E-state index is -0.339. The third-order valence-corrected chi connectivity index (χ3v) is 5.74. The Balaban J connectivity index is 1.81. The van der Waals surface area contributed by atoms with Gasteiger partial charge in [-0.3, -0.25) is 5.32 Å². The van der Waals surface area contributed by atoms with Crippen molar-refractivity contribution in [3.8, 4) is 0 Å². The molecule has 27 heavy (non-hydrogen) atoms. The number of piperidine rings is 1. The fraction of sp³-hybridized carbons (Fsp3) is 0.280. The van der Waals surface area contributed by atoms with E-state index in [2.05, 4.69) is 102 Å². The minimum absolute atomic E-state index is 0.339. The molecule has 0 saturated carbocycles. The highest BCUT2D eigenvalue weighted by molar-refractivity contribution is 5.49. The van der Waals surface area contributed by atoms with Crippen molar-refractivity contribution in [1.29, 1.82) is 0 Å². The second kappa shape index (κ2) is 8.51. The fourth-order valence-corrected chi connectivity index (χ4v) is 4.25. The maximum Gasteiger partial charge on any atom is 0.0948 e. The molecule has 1 aliphatic heterocycles. The quantitative estimate of drug-likeness (QED) is 0.632. The van der Waals surface area contributed by atoms with Gasteiger partial charge in [0.25, 0.3) is 0 Å². The Morgan fingerprint density at radius 3 is 1.48 bits per heavy atom.